The number of hydrogen-bond donors (Lipinski definition) is 0. The lowest BCUT2D eigenvalue weighted by molar-refractivity contribution is -0.137. The number of hydrogen-bond acceptors (Lipinski definition) is 1. The molecule has 15 heavy (non-hydrogen) atoms. The van der Waals surface area contributed by atoms with Crippen LogP contribution in [0.5, 0.6) is 0 Å². The Labute approximate surface area is 92.3 Å². The number of carbonyl (C=O) groups excluding carboxylic acids is 1. The summed E-state index contributed by atoms with van der Waals surface area (Å²) in [6.45, 7) is 6.00. The van der Waals surface area contributed by atoms with Crippen molar-refractivity contribution >= 4 is 5.91 Å². The van der Waals surface area contributed by atoms with E-state index in [2.05, 4.69) is 11.5 Å². The van der Waals surface area contributed by atoms with Crippen LogP contribution in [-0.4, -0.2) is 23.9 Å². The van der Waals surface area contributed by atoms with Crippen LogP contribution in [0.2, 0.25) is 0 Å². The Morgan fingerprint density at radius 1 is 1.20 bits per heavy atom. The molecule has 2 nitrogen and oxygen atoms in total. The largest absolute Gasteiger partial charge is 0.342 e. The molecule has 2 aliphatic rings. The van der Waals surface area contributed by atoms with Crippen molar-refractivity contribution in [1.29, 1.82) is 0 Å². The second-order valence-corrected chi connectivity index (χ2v) is 4.93. The van der Waals surface area contributed by atoms with E-state index in [0.29, 0.717) is 5.91 Å². The summed E-state index contributed by atoms with van der Waals surface area (Å²) in [4.78, 5) is 14.3. The number of nitrogens with zero attached hydrogens (tertiary/aromatic N) is 1. The molecule has 2 rings (SSSR count). The highest BCUT2D eigenvalue weighted by Gasteiger charge is 2.27. The van der Waals surface area contributed by atoms with Gasteiger partial charge in [0.25, 0.3) is 0 Å². The average Bonchev–Trinajstić information content (AvgIpc) is 2.29. The minimum Gasteiger partial charge on any atom is -0.342 e. The van der Waals surface area contributed by atoms with Gasteiger partial charge in [-0.15, -0.1) is 0 Å². The molecule has 0 spiro atoms. The van der Waals surface area contributed by atoms with Crippen molar-refractivity contribution < 1.29 is 4.79 Å². The van der Waals surface area contributed by atoms with Crippen LogP contribution in [0.15, 0.2) is 12.2 Å². The molecule has 1 heterocycles. The SMILES string of the molecule is C=C1CCCC(C(=O)N2CCCCC2)C1. The molecule has 1 saturated heterocycles. The van der Waals surface area contributed by atoms with E-state index in [-0.39, 0.29) is 5.92 Å². The first-order valence-electron chi connectivity index (χ1n) is 6.23. The maximum Gasteiger partial charge on any atom is 0.226 e. The van der Waals surface area contributed by atoms with Gasteiger partial charge in [0.2, 0.25) is 5.91 Å². The van der Waals surface area contributed by atoms with E-state index in [4.69, 9.17) is 0 Å². The zero-order valence-electron chi connectivity index (χ0n) is 9.50. The molecule has 0 aromatic heterocycles. The zero-order chi connectivity index (χ0) is 10.7. The predicted molar refractivity (Wildman–Crippen MR) is 61.5 cm³/mol. The van der Waals surface area contributed by atoms with Crippen LogP contribution >= 0.6 is 0 Å². The van der Waals surface area contributed by atoms with Crippen molar-refractivity contribution in [3.8, 4) is 0 Å². The monoisotopic (exact) mass is 207 g/mol. The van der Waals surface area contributed by atoms with E-state index in [1.54, 1.807) is 0 Å². The highest BCUT2D eigenvalue weighted by atomic mass is 16.2. The summed E-state index contributed by atoms with van der Waals surface area (Å²) in [7, 11) is 0. The molecule has 0 bridgehead atoms. The van der Waals surface area contributed by atoms with Crippen molar-refractivity contribution in [1.82, 2.24) is 4.90 Å². The normalized spacial score (nSPS) is 27.9. The molecule has 0 N–H and O–H groups in total. The minimum absolute atomic E-state index is 0.254. The van der Waals surface area contributed by atoms with Crippen molar-refractivity contribution in [3.63, 3.8) is 0 Å². The van der Waals surface area contributed by atoms with Gasteiger partial charge in [0, 0.05) is 19.0 Å². The van der Waals surface area contributed by atoms with Crippen LogP contribution in [0.4, 0.5) is 0 Å². The Hall–Kier alpha value is -0.790. The van der Waals surface area contributed by atoms with E-state index in [1.165, 1.54) is 24.8 Å². The highest BCUT2D eigenvalue weighted by Crippen LogP contribution is 2.29. The Kier molecular flexibility index (Phi) is 3.45. The van der Waals surface area contributed by atoms with Gasteiger partial charge in [-0.25, -0.2) is 0 Å². The first kappa shape index (κ1) is 10.7. The van der Waals surface area contributed by atoms with E-state index >= 15 is 0 Å². The fourth-order valence-corrected chi connectivity index (χ4v) is 2.73. The van der Waals surface area contributed by atoms with E-state index in [1.807, 2.05) is 0 Å². The standard InChI is InChI=1S/C13H21NO/c1-11-6-5-7-12(10-11)13(15)14-8-3-2-4-9-14/h12H,1-10H2. The molecule has 84 valence electrons. The molecule has 1 atom stereocenters. The third-order valence-corrected chi connectivity index (χ3v) is 3.63. The summed E-state index contributed by atoms with van der Waals surface area (Å²) in [6.07, 6.45) is 7.98. The summed E-state index contributed by atoms with van der Waals surface area (Å²) in [5.41, 5.74) is 1.27. The van der Waals surface area contributed by atoms with Gasteiger partial charge in [-0.3, -0.25) is 4.79 Å². The average molecular weight is 207 g/mol. The quantitative estimate of drug-likeness (QED) is 0.605. The topological polar surface area (TPSA) is 20.3 Å². The van der Waals surface area contributed by atoms with Gasteiger partial charge in [0.15, 0.2) is 0 Å². The van der Waals surface area contributed by atoms with Gasteiger partial charge in [-0.2, -0.15) is 0 Å². The maximum absolute atomic E-state index is 12.2. The van der Waals surface area contributed by atoms with Crippen molar-refractivity contribution in [2.24, 2.45) is 5.92 Å². The molecular formula is C13H21NO. The van der Waals surface area contributed by atoms with Gasteiger partial charge in [-0.05, 0) is 44.9 Å². The van der Waals surface area contributed by atoms with Crippen LogP contribution < -0.4 is 0 Å². The third-order valence-electron chi connectivity index (χ3n) is 3.63. The van der Waals surface area contributed by atoms with Gasteiger partial charge in [0.1, 0.15) is 0 Å². The van der Waals surface area contributed by atoms with Gasteiger partial charge >= 0.3 is 0 Å². The lowest BCUT2D eigenvalue weighted by Crippen LogP contribution is -2.40. The number of piperidine rings is 1. The fraction of sp³-hybridized carbons (Fsp3) is 0.769. The summed E-state index contributed by atoms with van der Waals surface area (Å²) in [5, 5.41) is 0. The smallest absolute Gasteiger partial charge is 0.226 e. The number of carbonyl (C=O) groups is 1. The zero-order valence-corrected chi connectivity index (χ0v) is 9.50. The molecule has 2 heteroatoms. The number of allylic oxidation sites excluding steroid dienone is 1. The molecular weight excluding hydrogens is 186 g/mol. The lowest BCUT2D eigenvalue weighted by Gasteiger charge is -2.32. The first-order chi connectivity index (χ1) is 7.27. The second kappa shape index (κ2) is 4.82. The summed E-state index contributed by atoms with van der Waals surface area (Å²) < 4.78 is 0. The number of amides is 1. The van der Waals surface area contributed by atoms with E-state index in [0.717, 1.165) is 38.8 Å². The Balaban J connectivity index is 1.90. The van der Waals surface area contributed by atoms with Gasteiger partial charge < -0.3 is 4.90 Å². The highest BCUT2D eigenvalue weighted by molar-refractivity contribution is 5.79. The summed E-state index contributed by atoms with van der Waals surface area (Å²) in [6, 6.07) is 0. The van der Waals surface area contributed by atoms with Crippen LogP contribution in [-0.2, 0) is 4.79 Å². The van der Waals surface area contributed by atoms with Gasteiger partial charge in [0.05, 0.1) is 0 Å². The molecule has 0 aromatic carbocycles. The molecule has 1 unspecified atom stereocenters. The predicted octanol–water partition coefficient (Wildman–Crippen LogP) is 2.75. The minimum atomic E-state index is 0.254. The Morgan fingerprint density at radius 3 is 2.60 bits per heavy atom. The molecule has 0 radical (unpaired) electrons. The molecule has 1 aliphatic carbocycles. The number of likely N-dealkylation sites (tertiary alicyclic amines) is 1. The number of rotatable bonds is 1. The van der Waals surface area contributed by atoms with Crippen LogP contribution in [0, 0.1) is 5.92 Å². The van der Waals surface area contributed by atoms with Crippen molar-refractivity contribution in [2.75, 3.05) is 13.1 Å². The molecule has 0 aromatic rings. The van der Waals surface area contributed by atoms with E-state index in [9.17, 15) is 4.79 Å². The summed E-state index contributed by atoms with van der Waals surface area (Å²) >= 11 is 0. The second-order valence-electron chi connectivity index (χ2n) is 4.93. The fourth-order valence-electron chi connectivity index (χ4n) is 2.73. The molecule has 1 amide bonds. The maximum atomic E-state index is 12.2. The summed E-state index contributed by atoms with van der Waals surface area (Å²) in [5.74, 6) is 0.653. The van der Waals surface area contributed by atoms with Crippen LogP contribution in [0.1, 0.15) is 44.9 Å². The van der Waals surface area contributed by atoms with E-state index < -0.39 is 0 Å². The van der Waals surface area contributed by atoms with Crippen molar-refractivity contribution in [3.05, 3.63) is 12.2 Å². The van der Waals surface area contributed by atoms with Crippen LogP contribution in [0.25, 0.3) is 0 Å². The van der Waals surface area contributed by atoms with Crippen LogP contribution in [0.3, 0.4) is 0 Å². The van der Waals surface area contributed by atoms with Gasteiger partial charge in [-0.1, -0.05) is 12.2 Å². The van der Waals surface area contributed by atoms with Crippen molar-refractivity contribution in [2.45, 2.75) is 44.9 Å². The molecule has 2 fully saturated rings. The lowest BCUT2D eigenvalue weighted by atomic mass is 9.85. The first-order valence-corrected chi connectivity index (χ1v) is 6.23. The Bertz CT molecular complexity index is 253. The molecule has 1 aliphatic heterocycles. The third kappa shape index (κ3) is 2.61. The Morgan fingerprint density at radius 2 is 1.93 bits per heavy atom. The molecule has 1 saturated carbocycles.